The van der Waals surface area contributed by atoms with Gasteiger partial charge in [-0.15, -0.1) is 11.3 Å². The Morgan fingerprint density at radius 3 is 2.88 bits per heavy atom. The standard InChI is InChI=1S/C23H26N6O4S/c1-12-2-4-15-18(25)19(34-22(15)26-12)20(30)27-14-8-13-3-5-17(28-21(13)31-10-14)29-9-16(24)23(11-29)32-6-7-33-23/h2-5,14,16H,6-11,24-25H2,1H3,(H,27,30)/t14-,16+/m1/s1. The minimum Gasteiger partial charge on any atom is -0.475 e. The average molecular weight is 483 g/mol. The molecule has 3 aromatic rings. The molecule has 3 aliphatic rings. The van der Waals surface area contributed by atoms with Crippen LogP contribution in [-0.4, -0.2) is 66.7 Å². The quantitative estimate of drug-likeness (QED) is 0.503. The number of nitrogens with one attached hydrogen (secondary N) is 1. The topological polar surface area (TPSA) is 138 Å². The number of nitrogen functional groups attached to an aromatic ring is 1. The van der Waals surface area contributed by atoms with Gasteiger partial charge in [-0.3, -0.25) is 4.79 Å². The molecular weight excluding hydrogens is 456 g/mol. The second-order valence-corrected chi connectivity index (χ2v) is 9.96. The van der Waals surface area contributed by atoms with Crippen molar-refractivity contribution in [3.63, 3.8) is 0 Å². The summed E-state index contributed by atoms with van der Waals surface area (Å²) in [6.07, 6.45) is 0.617. The summed E-state index contributed by atoms with van der Waals surface area (Å²) in [5.41, 5.74) is 14.8. The minimum atomic E-state index is -0.753. The van der Waals surface area contributed by atoms with Crippen molar-refractivity contribution in [3.05, 3.63) is 40.4 Å². The molecule has 1 amide bonds. The summed E-state index contributed by atoms with van der Waals surface area (Å²) in [7, 11) is 0. The SMILES string of the molecule is Cc1ccc2c(N)c(C(=O)N[C@H]3COc4nc(N5C[C@H](N)C6(C5)OCCO6)ccc4C3)sc2n1. The summed E-state index contributed by atoms with van der Waals surface area (Å²) in [4.78, 5) is 25.5. The maximum absolute atomic E-state index is 13.0. The average Bonchev–Trinajstić information content (AvgIpc) is 3.52. The molecule has 34 heavy (non-hydrogen) atoms. The summed E-state index contributed by atoms with van der Waals surface area (Å²) in [6.45, 7) is 4.47. The smallest absolute Gasteiger partial charge is 0.263 e. The fourth-order valence-corrected chi connectivity index (χ4v) is 5.84. The van der Waals surface area contributed by atoms with Crippen LogP contribution in [0.4, 0.5) is 11.5 Å². The zero-order valence-electron chi connectivity index (χ0n) is 18.7. The number of pyridine rings is 2. The van der Waals surface area contributed by atoms with E-state index in [2.05, 4.69) is 15.2 Å². The Hall–Kier alpha value is -2.99. The zero-order chi connectivity index (χ0) is 23.4. The predicted molar refractivity (Wildman–Crippen MR) is 128 cm³/mol. The molecule has 0 saturated carbocycles. The summed E-state index contributed by atoms with van der Waals surface area (Å²) in [5, 5.41) is 3.86. The molecule has 0 aliphatic carbocycles. The fourth-order valence-electron chi connectivity index (χ4n) is 4.80. The van der Waals surface area contributed by atoms with Crippen molar-refractivity contribution in [2.45, 2.75) is 31.2 Å². The highest BCUT2D eigenvalue weighted by atomic mass is 32.1. The number of anilines is 2. The number of hydrogen-bond acceptors (Lipinski definition) is 10. The van der Waals surface area contributed by atoms with Crippen molar-refractivity contribution in [3.8, 4) is 5.88 Å². The van der Waals surface area contributed by atoms with E-state index in [9.17, 15) is 4.79 Å². The van der Waals surface area contributed by atoms with Gasteiger partial charge in [-0.1, -0.05) is 0 Å². The molecule has 3 aromatic heterocycles. The summed E-state index contributed by atoms with van der Waals surface area (Å²) >= 11 is 1.31. The molecule has 0 bridgehead atoms. The van der Waals surface area contributed by atoms with Gasteiger partial charge >= 0.3 is 0 Å². The number of carbonyl (C=O) groups is 1. The molecule has 2 atom stereocenters. The maximum Gasteiger partial charge on any atom is 0.263 e. The predicted octanol–water partition coefficient (Wildman–Crippen LogP) is 1.21. The van der Waals surface area contributed by atoms with Crippen molar-refractivity contribution in [1.82, 2.24) is 15.3 Å². The van der Waals surface area contributed by atoms with E-state index < -0.39 is 5.79 Å². The molecule has 6 heterocycles. The van der Waals surface area contributed by atoms with E-state index in [4.69, 9.17) is 30.7 Å². The highest BCUT2D eigenvalue weighted by molar-refractivity contribution is 7.21. The second kappa shape index (κ2) is 8.05. The largest absolute Gasteiger partial charge is 0.475 e. The van der Waals surface area contributed by atoms with Gasteiger partial charge in [0.1, 0.15) is 22.1 Å². The lowest BCUT2D eigenvalue weighted by atomic mass is 10.1. The van der Waals surface area contributed by atoms with Crippen LogP contribution in [0.1, 0.15) is 20.9 Å². The van der Waals surface area contributed by atoms with Crippen LogP contribution < -0.4 is 26.4 Å². The summed E-state index contributed by atoms with van der Waals surface area (Å²) in [6, 6.07) is 7.31. The number of rotatable bonds is 3. The first-order chi connectivity index (χ1) is 16.4. The van der Waals surface area contributed by atoms with Crippen molar-refractivity contribution in [2.24, 2.45) is 5.73 Å². The molecule has 3 aliphatic heterocycles. The lowest BCUT2D eigenvalue weighted by Gasteiger charge is -2.27. The molecule has 1 spiro atoms. The van der Waals surface area contributed by atoms with E-state index in [0.29, 0.717) is 55.8 Å². The number of fused-ring (bicyclic) bond motifs is 2. The normalized spacial score (nSPS) is 23.3. The van der Waals surface area contributed by atoms with Gasteiger partial charge in [-0.05, 0) is 31.2 Å². The molecule has 6 rings (SSSR count). The number of aryl methyl sites for hydroxylation is 1. The Bertz CT molecular complexity index is 1270. The highest BCUT2D eigenvalue weighted by Gasteiger charge is 2.50. The van der Waals surface area contributed by atoms with Crippen LogP contribution in [0.25, 0.3) is 10.2 Å². The Morgan fingerprint density at radius 1 is 1.24 bits per heavy atom. The third-order valence-corrected chi connectivity index (χ3v) is 7.69. The summed E-state index contributed by atoms with van der Waals surface area (Å²) in [5.74, 6) is 0.379. The van der Waals surface area contributed by atoms with Crippen molar-refractivity contribution in [2.75, 3.05) is 43.5 Å². The number of hydrogen-bond donors (Lipinski definition) is 3. The molecule has 0 radical (unpaired) electrons. The Kier molecular flexibility index (Phi) is 5.10. The molecule has 0 unspecified atom stereocenters. The zero-order valence-corrected chi connectivity index (χ0v) is 19.6. The van der Waals surface area contributed by atoms with Crippen LogP contribution in [0.15, 0.2) is 24.3 Å². The highest BCUT2D eigenvalue weighted by Crippen LogP contribution is 2.35. The molecule has 11 heteroatoms. The Morgan fingerprint density at radius 2 is 2.06 bits per heavy atom. The van der Waals surface area contributed by atoms with Crippen molar-refractivity contribution >= 4 is 39.0 Å². The van der Waals surface area contributed by atoms with Crippen LogP contribution in [0.5, 0.6) is 5.88 Å². The fraction of sp³-hybridized carbons (Fsp3) is 0.435. The number of nitrogens with two attached hydrogens (primary N) is 2. The number of thiophene rings is 1. The van der Waals surface area contributed by atoms with Crippen LogP contribution >= 0.6 is 11.3 Å². The maximum atomic E-state index is 13.0. The number of nitrogens with zero attached hydrogens (tertiary/aromatic N) is 3. The first-order valence-electron chi connectivity index (χ1n) is 11.3. The van der Waals surface area contributed by atoms with Gasteiger partial charge in [0, 0.05) is 29.6 Å². The molecule has 2 saturated heterocycles. The molecular formula is C23H26N6O4S. The Balaban J connectivity index is 1.15. The third-order valence-electron chi connectivity index (χ3n) is 6.58. The van der Waals surface area contributed by atoms with Crippen LogP contribution in [0.2, 0.25) is 0 Å². The van der Waals surface area contributed by atoms with E-state index in [1.807, 2.05) is 31.2 Å². The van der Waals surface area contributed by atoms with E-state index in [0.717, 1.165) is 27.3 Å². The van der Waals surface area contributed by atoms with E-state index in [1.54, 1.807) is 0 Å². The lowest BCUT2D eigenvalue weighted by Crippen LogP contribution is -2.47. The molecule has 0 aromatic carbocycles. The van der Waals surface area contributed by atoms with Crippen LogP contribution in [0.3, 0.4) is 0 Å². The second-order valence-electron chi connectivity index (χ2n) is 8.97. The van der Waals surface area contributed by atoms with Crippen LogP contribution in [-0.2, 0) is 15.9 Å². The first kappa shape index (κ1) is 21.5. The van der Waals surface area contributed by atoms with Crippen molar-refractivity contribution in [1.29, 1.82) is 0 Å². The van der Waals surface area contributed by atoms with Crippen LogP contribution in [0, 0.1) is 6.92 Å². The number of amides is 1. The van der Waals surface area contributed by atoms with Gasteiger partial charge in [0.25, 0.3) is 5.91 Å². The summed E-state index contributed by atoms with van der Waals surface area (Å²) < 4.78 is 17.5. The van der Waals surface area contributed by atoms with E-state index in [-0.39, 0.29) is 18.0 Å². The third kappa shape index (κ3) is 3.56. The lowest BCUT2D eigenvalue weighted by molar-refractivity contribution is -0.147. The number of carbonyl (C=O) groups excluding carboxylic acids is 1. The molecule has 178 valence electrons. The molecule has 10 nitrogen and oxygen atoms in total. The van der Waals surface area contributed by atoms with Crippen molar-refractivity contribution < 1.29 is 19.0 Å². The van der Waals surface area contributed by atoms with Gasteiger partial charge in [-0.25, -0.2) is 4.98 Å². The number of ether oxygens (including phenoxy) is 3. The molecule has 5 N–H and O–H groups in total. The van der Waals surface area contributed by atoms with Gasteiger partial charge < -0.3 is 35.9 Å². The minimum absolute atomic E-state index is 0.185. The molecule has 2 fully saturated rings. The van der Waals surface area contributed by atoms with Gasteiger partial charge in [0.2, 0.25) is 11.7 Å². The van der Waals surface area contributed by atoms with Gasteiger partial charge in [0.05, 0.1) is 37.5 Å². The van der Waals surface area contributed by atoms with E-state index in [1.165, 1.54) is 11.3 Å². The van der Waals surface area contributed by atoms with Gasteiger partial charge in [0.15, 0.2) is 0 Å². The first-order valence-corrected chi connectivity index (χ1v) is 12.1. The van der Waals surface area contributed by atoms with E-state index >= 15 is 0 Å². The van der Waals surface area contributed by atoms with Gasteiger partial charge in [-0.2, -0.15) is 4.98 Å². The monoisotopic (exact) mass is 482 g/mol. The number of aromatic nitrogens is 2. The Labute approximate surface area is 200 Å².